The number of allylic oxidation sites excluding steroid dienone is 1. The van der Waals surface area contributed by atoms with Gasteiger partial charge in [0.05, 0.1) is 12.7 Å². The van der Waals surface area contributed by atoms with Crippen LogP contribution in [0, 0.1) is 0 Å². The second-order valence-electron chi connectivity index (χ2n) is 6.42. The normalized spacial score (nSPS) is 13.5. The van der Waals surface area contributed by atoms with Crippen molar-refractivity contribution in [1.82, 2.24) is 0 Å². The van der Waals surface area contributed by atoms with Gasteiger partial charge in [0, 0.05) is 10.0 Å². The largest absolute Gasteiger partial charge is 0.507 e. The average molecular weight is 429 g/mol. The van der Waals surface area contributed by atoms with Crippen LogP contribution in [-0.2, 0) is 0 Å². The van der Waals surface area contributed by atoms with Gasteiger partial charge in [-0.1, -0.05) is 64.5 Å². The Hall–Kier alpha value is -2.14. The fourth-order valence-electron chi connectivity index (χ4n) is 2.92. The first-order valence-electron chi connectivity index (χ1n) is 8.81. The van der Waals surface area contributed by atoms with E-state index >= 15 is 0 Å². The summed E-state index contributed by atoms with van der Waals surface area (Å²) in [4.78, 5) is 0. The Morgan fingerprint density at radius 1 is 1.19 bits per heavy atom. The predicted octanol–water partition coefficient (Wildman–Crippen LogP) is 5.33. The topological polar surface area (TPSA) is 60.7 Å². The lowest BCUT2D eigenvalue weighted by atomic mass is 9.93. The number of aliphatic hydroxyl groups excluding tert-OH is 2. The first-order valence-corrected chi connectivity index (χ1v) is 9.61. The molecule has 0 saturated heterocycles. The molecule has 0 bridgehead atoms. The molecule has 2 aromatic carbocycles. The highest BCUT2D eigenvalue weighted by Gasteiger charge is 2.13. The van der Waals surface area contributed by atoms with E-state index in [2.05, 4.69) is 22.5 Å². The molecule has 0 aliphatic heterocycles. The number of benzene rings is 2. The summed E-state index contributed by atoms with van der Waals surface area (Å²) in [6, 6.07) is 15.2. The molecule has 4 heteroatoms. The third-order valence-electron chi connectivity index (χ3n) is 4.31. The number of hydrogen-bond donors (Lipinski definition) is 3. The lowest BCUT2D eigenvalue weighted by Crippen LogP contribution is -2.12. The fraction of sp³-hybridized carbons (Fsp3) is 0.217. The van der Waals surface area contributed by atoms with Gasteiger partial charge < -0.3 is 15.3 Å². The van der Waals surface area contributed by atoms with E-state index in [1.807, 2.05) is 49.4 Å². The third kappa shape index (κ3) is 6.21. The Labute approximate surface area is 169 Å². The number of rotatable bonds is 8. The highest BCUT2D eigenvalue weighted by Crippen LogP contribution is 2.30. The van der Waals surface area contributed by atoms with E-state index in [1.165, 1.54) is 0 Å². The van der Waals surface area contributed by atoms with Crippen molar-refractivity contribution in [2.75, 3.05) is 6.61 Å². The molecule has 0 radical (unpaired) electrons. The van der Waals surface area contributed by atoms with Crippen molar-refractivity contribution in [2.45, 2.75) is 25.9 Å². The Morgan fingerprint density at radius 2 is 1.89 bits per heavy atom. The van der Waals surface area contributed by atoms with E-state index in [1.54, 1.807) is 18.2 Å². The fourth-order valence-corrected chi connectivity index (χ4v) is 3.30. The standard InChI is InChI=1S/C23H25BrO3/c1-16(2)21(12-13-25)23(27)10-8-18(17-6-4-3-5-7-17)14-19-15-20(24)9-11-22(19)26/h3-7,9,11-12,14-15,23,25-27H,1,8,10,13H2,2H3/b18-14-,21-12-. The van der Waals surface area contributed by atoms with Crippen molar-refractivity contribution in [2.24, 2.45) is 0 Å². The molecule has 0 aliphatic rings. The Kier molecular flexibility index (Phi) is 8.04. The molecule has 0 spiro atoms. The number of phenols is 1. The monoisotopic (exact) mass is 428 g/mol. The van der Waals surface area contributed by atoms with Gasteiger partial charge in [0.25, 0.3) is 0 Å². The van der Waals surface area contributed by atoms with Crippen LogP contribution in [0.2, 0.25) is 0 Å². The van der Waals surface area contributed by atoms with Gasteiger partial charge in [-0.05, 0) is 60.8 Å². The summed E-state index contributed by atoms with van der Waals surface area (Å²) in [5.41, 5.74) is 4.16. The van der Waals surface area contributed by atoms with Crippen molar-refractivity contribution < 1.29 is 15.3 Å². The van der Waals surface area contributed by atoms with Gasteiger partial charge in [0.2, 0.25) is 0 Å². The average Bonchev–Trinajstić information content (AvgIpc) is 2.66. The number of phenolic OH excluding ortho intramolecular Hbond substituents is 1. The Bertz CT molecular complexity index is 838. The van der Waals surface area contributed by atoms with Crippen LogP contribution in [0.1, 0.15) is 30.9 Å². The van der Waals surface area contributed by atoms with Gasteiger partial charge in [-0.2, -0.15) is 0 Å². The van der Waals surface area contributed by atoms with Crippen LogP contribution in [0.5, 0.6) is 5.75 Å². The molecule has 2 rings (SSSR count). The zero-order valence-electron chi connectivity index (χ0n) is 15.4. The molecule has 2 aromatic rings. The summed E-state index contributed by atoms with van der Waals surface area (Å²) >= 11 is 3.44. The van der Waals surface area contributed by atoms with Gasteiger partial charge in [-0.15, -0.1) is 0 Å². The molecule has 142 valence electrons. The Balaban J connectivity index is 2.32. The lowest BCUT2D eigenvalue weighted by Gasteiger charge is -2.17. The highest BCUT2D eigenvalue weighted by molar-refractivity contribution is 9.10. The van der Waals surface area contributed by atoms with Crippen LogP contribution in [0.15, 0.2) is 76.8 Å². The number of halogens is 1. The van der Waals surface area contributed by atoms with Gasteiger partial charge >= 0.3 is 0 Å². The van der Waals surface area contributed by atoms with Crippen molar-refractivity contribution in [3.8, 4) is 5.75 Å². The second kappa shape index (κ2) is 10.3. The molecule has 27 heavy (non-hydrogen) atoms. The van der Waals surface area contributed by atoms with Crippen LogP contribution in [0.4, 0.5) is 0 Å². The molecule has 0 saturated carbocycles. The summed E-state index contributed by atoms with van der Waals surface area (Å²) in [5.74, 6) is 0.204. The molecular weight excluding hydrogens is 404 g/mol. The van der Waals surface area contributed by atoms with Crippen LogP contribution >= 0.6 is 15.9 Å². The number of aromatic hydroxyl groups is 1. The predicted molar refractivity (Wildman–Crippen MR) is 115 cm³/mol. The zero-order valence-corrected chi connectivity index (χ0v) is 17.0. The minimum absolute atomic E-state index is 0.132. The summed E-state index contributed by atoms with van der Waals surface area (Å²) < 4.78 is 0.884. The van der Waals surface area contributed by atoms with Gasteiger partial charge in [0.15, 0.2) is 0 Å². The summed E-state index contributed by atoms with van der Waals surface area (Å²) in [7, 11) is 0. The molecule has 0 amide bonds. The molecule has 1 unspecified atom stereocenters. The molecule has 0 aromatic heterocycles. The quantitative estimate of drug-likeness (QED) is 0.393. The maximum absolute atomic E-state index is 10.5. The molecule has 1 atom stereocenters. The van der Waals surface area contributed by atoms with E-state index in [0.29, 0.717) is 24.0 Å². The SMILES string of the molecule is C=C(C)/C(=C/CO)C(O)CC/C(=C/c1cc(Br)ccc1O)c1ccccc1. The van der Waals surface area contributed by atoms with Crippen LogP contribution in [0.25, 0.3) is 11.6 Å². The van der Waals surface area contributed by atoms with Gasteiger partial charge in [-0.3, -0.25) is 0 Å². The van der Waals surface area contributed by atoms with Crippen molar-refractivity contribution >= 4 is 27.6 Å². The highest BCUT2D eigenvalue weighted by atomic mass is 79.9. The van der Waals surface area contributed by atoms with Crippen molar-refractivity contribution in [3.63, 3.8) is 0 Å². The molecule has 3 N–H and O–H groups in total. The van der Waals surface area contributed by atoms with E-state index in [-0.39, 0.29) is 12.4 Å². The molecule has 0 heterocycles. The summed E-state index contributed by atoms with van der Waals surface area (Å²) in [6.07, 6.45) is 3.91. The van der Waals surface area contributed by atoms with E-state index < -0.39 is 6.10 Å². The van der Waals surface area contributed by atoms with Crippen LogP contribution in [0.3, 0.4) is 0 Å². The van der Waals surface area contributed by atoms with Gasteiger partial charge in [-0.25, -0.2) is 0 Å². The maximum atomic E-state index is 10.5. The lowest BCUT2D eigenvalue weighted by molar-refractivity contribution is 0.203. The minimum Gasteiger partial charge on any atom is -0.507 e. The zero-order chi connectivity index (χ0) is 19.8. The second-order valence-corrected chi connectivity index (χ2v) is 7.33. The van der Waals surface area contributed by atoms with E-state index in [0.717, 1.165) is 21.2 Å². The summed E-state index contributed by atoms with van der Waals surface area (Å²) in [5, 5.41) is 29.9. The smallest absolute Gasteiger partial charge is 0.122 e. The Morgan fingerprint density at radius 3 is 2.52 bits per heavy atom. The number of aliphatic hydroxyl groups is 2. The summed E-state index contributed by atoms with van der Waals surface area (Å²) in [6.45, 7) is 5.56. The van der Waals surface area contributed by atoms with E-state index in [9.17, 15) is 10.2 Å². The van der Waals surface area contributed by atoms with Crippen molar-refractivity contribution in [1.29, 1.82) is 0 Å². The van der Waals surface area contributed by atoms with Crippen LogP contribution < -0.4 is 0 Å². The first-order chi connectivity index (χ1) is 12.9. The van der Waals surface area contributed by atoms with Crippen LogP contribution in [-0.4, -0.2) is 28.0 Å². The molecular formula is C23H25BrO3. The first kappa shape index (κ1) is 21.2. The van der Waals surface area contributed by atoms with Crippen molar-refractivity contribution in [3.05, 3.63) is 87.9 Å². The van der Waals surface area contributed by atoms with Gasteiger partial charge in [0.1, 0.15) is 5.75 Å². The molecule has 0 aliphatic carbocycles. The van der Waals surface area contributed by atoms with E-state index in [4.69, 9.17) is 5.11 Å². The third-order valence-corrected chi connectivity index (χ3v) is 4.81. The minimum atomic E-state index is -0.710. The maximum Gasteiger partial charge on any atom is 0.122 e. The molecule has 3 nitrogen and oxygen atoms in total. The number of hydrogen-bond acceptors (Lipinski definition) is 3. The molecule has 0 fully saturated rings.